The molecule has 0 aromatic heterocycles. The molecule has 2 aromatic carbocycles. The monoisotopic (exact) mass is 298 g/mol. The summed E-state index contributed by atoms with van der Waals surface area (Å²) >= 11 is 0. The van der Waals surface area contributed by atoms with Crippen molar-refractivity contribution >= 4 is 11.9 Å². The summed E-state index contributed by atoms with van der Waals surface area (Å²) in [7, 11) is 0. The average molecular weight is 298 g/mol. The number of benzene rings is 2. The van der Waals surface area contributed by atoms with Crippen LogP contribution in [-0.4, -0.2) is 22.2 Å². The molecule has 22 heavy (non-hydrogen) atoms. The molecule has 2 aromatic rings. The Kier molecular flexibility index (Phi) is 2.95. The molecule has 0 aliphatic carbocycles. The summed E-state index contributed by atoms with van der Waals surface area (Å²) in [6.45, 7) is 3.99. The lowest BCUT2D eigenvalue weighted by Gasteiger charge is -2.34. The van der Waals surface area contributed by atoms with E-state index in [0.29, 0.717) is 11.5 Å². The molecular weight excluding hydrogens is 284 g/mol. The average Bonchev–Trinajstić information content (AvgIpc) is 2.46. The number of aromatic carboxylic acids is 2. The molecule has 0 saturated carbocycles. The molecule has 0 amide bonds. The van der Waals surface area contributed by atoms with Gasteiger partial charge in [0.1, 0.15) is 11.5 Å². The van der Waals surface area contributed by atoms with E-state index in [1.54, 1.807) is 24.3 Å². The summed E-state index contributed by atoms with van der Waals surface area (Å²) < 4.78 is 5.77. The van der Waals surface area contributed by atoms with E-state index in [2.05, 4.69) is 0 Å². The lowest BCUT2D eigenvalue weighted by atomic mass is 9.75. The molecule has 2 N–H and O–H groups in total. The maximum absolute atomic E-state index is 11.1. The van der Waals surface area contributed by atoms with Crippen LogP contribution in [0.1, 0.15) is 45.7 Å². The first-order valence-corrected chi connectivity index (χ1v) is 6.74. The smallest absolute Gasteiger partial charge is 0.335 e. The van der Waals surface area contributed by atoms with Crippen LogP contribution in [-0.2, 0) is 5.41 Å². The third kappa shape index (κ3) is 2.02. The normalized spacial score (nSPS) is 14.5. The number of rotatable bonds is 2. The Morgan fingerprint density at radius 2 is 1.27 bits per heavy atom. The molecule has 0 radical (unpaired) electrons. The van der Waals surface area contributed by atoms with Gasteiger partial charge in [-0.15, -0.1) is 0 Å². The maximum Gasteiger partial charge on any atom is 0.335 e. The fourth-order valence-electron chi connectivity index (χ4n) is 2.78. The summed E-state index contributed by atoms with van der Waals surface area (Å²) in [5, 5.41) is 18.2. The number of hydrogen-bond acceptors (Lipinski definition) is 3. The number of carboxylic acids is 2. The molecule has 112 valence electrons. The van der Waals surface area contributed by atoms with E-state index in [9.17, 15) is 9.59 Å². The zero-order valence-corrected chi connectivity index (χ0v) is 12.1. The Hall–Kier alpha value is -2.82. The van der Waals surface area contributed by atoms with E-state index in [-0.39, 0.29) is 11.1 Å². The summed E-state index contributed by atoms with van der Waals surface area (Å²) in [4.78, 5) is 22.2. The first kappa shape index (κ1) is 14.1. The van der Waals surface area contributed by atoms with E-state index >= 15 is 0 Å². The van der Waals surface area contributed by atoms with Crippen molar-refractivity contribution in [1.29, 1.82) is 0 Å². The Bertz CT molecular complexity index is 739. The Morgan fingerprint density at radius 1 is 0.864 bits per heavy atom. The number of carboxylic acid groups (broad SMARTS) is 2. The van der Waals surface area contributed by atoms with Crippen LogP contribution in [0.3, 0.4) is 0 Å². The van der Waals surface area contributed by atoms with Gasteiger partial charge in [0.2, 0.25) is 0 Å². The van der Waals surface area contributed by atoms with Crippen LogP contribution in [0.4, 0.5) is 0 Å². The molecule has 0 atom stereocenters. The highest BCUT2D eigenvalue weighted by Crippen LogP contribution is 2.48. The van der Waals surface area contributed by atoms with Crippen LogP contribution in [0.5, 0.6) is 11.5 Å². The topological polar surface area (TPSA) is 83.8 Å². The van der Waals surface area contributed by atoms with Gasteiger partial charge in [-0.3, -0.25) is 0 Å². The van der Waals surface area contributed by atoms with E-state index < -0.39 is 17.4 Å². The van der Waals surface area contributed by atoms with Crippen molar-refractivity contribution in [1.82, 2.24) is 0 Å². The maximum atomic E-state index is 11.1. The Labute approximate surface area is 126 Å². The minimum Gasteiger partial charge on any atom is -0.478 e. The predicted octanol–water partition coefficient (Wildman–Crippen LogP) is 3.51. The second-order valence-corrected chi connectivity index (χ2v) is 5.76. The lowest BCUT2D eigenvalue weighted by molar-refractivity contribution is 0.0686. The van der Waals surface area contributed by atoms with Gasteiger partial charge in [-0.25, -0.2) is 9.59 Å². The first-order chi connectivity index (χ1) is 10.3. The molecule has 0 saturated heterocycles. The third-order valence-electron chi connectivity index (χ3n) is 4.02. The molecule has 3 rings (SSSR count). The van der Waals surface area contributed by atoms with Crippen LogP contribution in [0.25, 0.3) is 0 Å². The van der Waals surface area contributed by atoms with Gasteiger partial charge in [0.15, 0.2) is 0 Å². The largest absolute Gasteiger partial charge is 0.478 e. The fourth-order valence-corrected chi connectivity index (χ4v) is 2.78. The van der Waals surface area contributed by atoms with Crippen LogP contribution < -0.4 is 4.74 Å². The van der Waals surface area contributed by atoms with Gasteiger partial charge in [-0.1, -0.05) is 26.0 Å². The van der Waals surface area contributed by atoms with Crippen molar-refractivity contribution in [3.63, 3.8) is 0 Å². The lowest BCUT2D eigenvalue weighted by Crippen LogP contribution is -2.24. The highest BCUT2D eigenvalue weighted by Gasteiger charge is 2.35. The third-order valence-corrected chi connectivity index (χ3v) is 4.02. The van der Waals surface area contributed by atoms with Crippen molar-refractivity contribution in [3.8, 4) is 11.5 Å². The highest BCUT2D eigenvalue weighted by molar-refractivity contribution is 5.89. The van der Waals surface area contributed by atoms with Crippen molar-refractivity contribution in [2.75, 3.05) is 0 Å². The van der Waals surface area contributed by atoms with E-state index in [1.807, 2.05) is 13.8 Å². The van der Waals surface area contributed by atoms with E-state index in [0.717, 1.165) is 11.1 Å². The van der Waals surface area contributed by atoms with Crippen molar-refractivity contribution in [3.05, 3.63) is 58.7 Å². The molecule has 5 heteroatoms. The van der Waals surface area contributed by atoms with Crippen LogP contribution in [0, 0.1) is 0 Å². The van der Waals surface area contributed by atoms with Gasteiger partial charge in [0, 0.05) is 16.5 Å². The quantitative estimate of drug-likeness (QED) is 0.886. The van der Waals surface area contributed by atoms with E-state index in [4.69, 9.17) is 14.9 Å². The van der Waals surface area contributed by atoms with Gasteiger partial charge in [-0.05, 0) is 24.3 Å². The fraction of sp³-hybridized carbons (Fsp3) is 0.176. The second-order valence-electron chi connectivity index (χ2n) is 5.76. The molecule has 0 unspecified atom stereocenters. The zero-order chi connectivity index (χ0) is 16.1. The summed E-state index contributed by atoms with van der Waals surface area (Å²) in [5.41, 5.74) is 1.60. The number of hydrogen-bond donors (Lipinski definition) is 2. The molecule has 1 aliphatic rings. The van der Waals surface area contributed by atoms with Gasteiger partial charge in [-0.2, -0.15) is 0 Å². The van der Waals surface area contributed by atoms with Crippen molar-refractivity contribution in [2.45, 2.75) is 19.3 Å². The SMILES string of the molecule is CC1(C)c2ccc(C(=O)O)cc2Oc2cc(C(=O)O)ccc21. The molecule has 1 aliphatic heterocycles. The van der Waals surface area contributed by atoms with Crippen molar-refractivity contribution in [2.24, 2.45) is 0 Å². The summed E-state index contributed by atoms with van der Waals surface area (Å²) in [6, 6.07) is 9.51. The molecule has 0 spiro atoms. The van der Waals surface area contributed by atoms with Crippen LogP contribution >= 0.6 is 0 Å². The first-order valence-electron chi connectivity index (χ1n) is 6.74. The van der Waals surface area contributed by atoms with Crippen LogP contribution in [0.15, 0.2) is 36.4 Å². The summed E-state index contributed by atoms with van der Waals surface area (Å²) in [6.07, 6.45) is 0. The molecule has 0 bridgehead atoms. The number of carbonyl (C=O) groups is 2. The Morgan fingerprint density at radius 3 is 1.64 bits per heavy atom. The van der Waals surface area contributed by atoms with Gasteiger partial charge >= 0.3 is 11.9 Å². The summed E-state index contributed by atoms with van der Waals surface area (Å²) in [5.74, 6) is -1.18. The standard InChI is InChI=1S/C17H14O5/c1-17(2)11-5-3-9(15(18)19)7-13(11)22-14-8-10(16(20)21)4-6-12(14)17/h3-8H,1-2H3,(H,18,19)(H,20,21). The van der Waals surface area contributed by atoms with Crippen molar-refractivity contribution < 1.29 is 24.5 Å². The number of ether oxygens (including phenoxy) is 1. The van der Waals surface area contributed by atoms with Crippen LogP contribution in [0.2, 0.25) is 0 Å². The molecular formula is C17H14O5. The van der Waals surface area contributed by atoms with Gasteiger partial charge < -0.3 is 14.9 Å². The minimum absolute atomic E-state index is 0.132. The zero-order valence-electron chi connectivity index (χ0n) is 12.1. The number of fused-ring (bicyclic) bond motifs is 2. The molecule has 0 fully saturated rings. The highest BCUT2D eigenvalue weighted by atomic mass is 16.5. The van der Waals surface area contributed by atoms with Gasteiger partial charge in [0.25, 0.3) is 0 Å². The molecule has 1 heterocycles. The minimum atomic E-state index is -1.03. The molecule has 5 nitrogen and oxygen atoms in total. The Balaban J connectivity index is 2.18. The van der Waals surface area contributed by atoms with E-state index in [1.165, 1.54) is 12.1 Å². The van der Waals surface area contributed by atoms with Gasteiger partial charge in [0.05, 0.1) is 11.1 Å². The second kappa shape index (κ2) is 4.59. The predicted molar refractivity (Wildman–Crippen MR) is 79.0 cm³/mol.